The van der Waals surface area contributed by atoms with E-state index < -0.39 is 12.7 Å². The smallest absolute Gasteiger partial charge is 0.405 e. The maximum atomic E-state index is 13.0. The van der Waals surface area contributed by atoms with Gasteiger partial charge < -0.3 is 24.4 Å². The highest BCUT2D eigenvalue weighted by atomic mass is 19.4. The molecule has 2 aromatic rings. The van der Waals surface area contributed by atoms with Gasteiger partial charge >= 0.3 is 6.18 Å². The summed E-state index contributed by atoms with van der Waals surface area (Å²) in [7, 11) is 3.05. The van der Waals surface area contributed by atoms with Crippen LogP contribution in [0.2, 0.25) is 0 Å². The summed E-state index contributed by atoms with van der Waals surface area (Å²) in [5.74, 6) is 0.372. The molecule has 1 aliphatic rings. The van der Waals surface area contributed by atoms with E-state index in [0.29, 0.717) is 52.9 Å². The Bertz CT molecular complexity index is 1100. The lowest BCUT2D eigenvalue weighted by Crippen LogP contribution is -2.28. The Labute approximate surface area is 195 Å². The highest BCUT2D eigenvalue weighted by Crippen LogP contribution is 2.33. The first kappa shape index (κ1) is 25.0. The molecule has 1 aliphatic heterocycles. The SMILES string of the molecule is C=C/C(=C\NCC(F)(F)F)N1Cc2nc(-c3cnc(OC)c(OCCOC)c3)cc(C)c2C1=O. The maximum Gasteiger partial charge on any atom is 0.405 e. The van der Waals surface area contributed by atoms with Crippen molar-refractivity contribution in [1.29, 1.82) is 0 Å². The van der Waals surface area contributed by atoms with E-state index in [4.69, 9.17) is 14.2 Å². The second-order valence-corrected chi connectivity index (χ2v) is 7.38. The molecule has 0 spiro atoms. The molecule has 0 fully saturated rings. The van der Waals surface area contributed by atoms with E-state index in [9.17, 15) is 18.0 Å². The number of hydrogen-bond donors (Lipinski definition) is 1. The Morgan fingerprint density at radius 2 is 2.06 bits per heavy atom. The molecule has 1 amide bonds. The van der Waals surface area contributed by atoms with Gasteiger partial charge in [0.15, 0.2) is 5.75 Å². The van der Waals surface area contributed by atoms with Gasteiger partial charge in [0.2, 0.25) is 0 Å². The molecule has 1 N–H and O–H groups in total. The number of aromatic nitrogens is 2. The lowest BCUT2D eigenvalue weighted by molar-refractivity contribution is -0.122. The van der Waals surface area contributed by atoms with Crippen LogP contribution in [0.3, 0.4) is 0 Å². The molecule has 0 atom stereocenters. The summed E-state index contributed by atoms with van der Waals surface area (Å²) in [6, 6.07) is 3.49. The van der Waals surface area contributed by atoms with Crippen LogP contribution >= 0.6 is 0 Å². The van der Waals surface area contributed by atoms with Crippen molar-refractivity contribution in [2.45, 2.75) is 19.6 Å². The van der Waals surface area contributed by atoms with E-state index >= 15 is 0 Å². The number of hydrogen-bond acceptors (Lipinski definition) is 7. The minimum absolute atomic E-state index is 0.0924. The van der Waals surface area contributed by atoms with Crippen LogP contribution in [0.1, 0.15) is 21.6 Å². The number of carbonyl (C=O) groups is 1. The number of methoxy groups -OCH3 is 2. The summed E-state index contributed by atoms with van der Waals surface area (Å²) in [4.78, 5) is 23.2. The molecule has 0 bridgehead atoms. The first-order valence-corrected chi connectivity index (χ1v) is 10.3. The average molecular weight is 478 g/mol. The van der Waals surface area contributed by atoms with Gasteiger partial charge in [-0.15, -0.1) is 0 Å². The highest BCUT2D eigenvalue weighted by molar-refractivity contribution is 6.00. The number of ether oxygens (including phenoxy) is 3. The van der Waals surface area contributed by atoms with Crippen molar-refractivity contribution in [2.24, 2.45) is 0 Å². The highest BCUT2D eigenvalue weighted by Gasteiger charge is 2.33. The van der Waals surface area contributed by atoms with Crippen molar-refractivity contribution < 1.29 is 32.2 Å². The second kappa shape index (κ2) is 10.6. The van der Waals surface area contributed by atoms with E-state index in [-0.39, 0.29) is 18.1 Å². The number of amides is 1. The lowest BCUT2D eigenvalue weighted by atomic mass is 10.0. The van der Waals surface area contributed by atoms with Crippen LogP contribution < -0.4 is 14.8 Å². The largest absolute Gasteiger partial charge is 0.486 e. The van der Waals surface area contributed by atoms with Gasteiger partial charge in [0.25, 0.3) is 11.8 Å². The zero-order valence-corrected chi connectivity index (χ0v) is 19.0. The molecule has 8 nitrogen and oxygen atoms in total. The van der Waals surface area contributed by atoms with E-state index in [1.807, 2.05) is 0 Å². The topological polar surface area (TPSA) is 85.8 Å². The summed E-state index contributed by atoms with van der Waals surface area (Å²) in [5.41, 5.74) is 3.02. The Morgan fingerprint density at radius 3 is 2.71 bits per heavy atom. The Hall–Kier alpha value is -3.60. The molecule has 0 aliphatic carbocycles. The quantitative estimate of drug-likeness (QED) is 0.412. The van der Waals surface area contributed by atoms with Gasteiger partial charge in [0.1, 0.15) is 13.2 Å². The van der Waals surface area contributed by atoms with Gasteiger partial charge in [-0.3, -0.25) is 9.78 Å². The Kier molecular flexibility index (Phi) is 7.77. The molecule has 182 valence electrons. The molecule has 0 saturated heterocycles. The van der Waals surface area contributed by atoms with E-state index in [1.54, 1.807) is 32.4 Å². The monoisotopic (exact) mass is 478 g/mol. The summed E-state index contributed by atoms with van der Waals surface area (Å²) in [6.45, 7) is 4.95. The van der Waals surface area contributed by atoms with E-state index in [2.05, 4.69) is 21.9 Å². The minimum atomic E-state index is -4.38. The molecule has 0 unspecified atom stereocenters. The summed E-state index contributed by atoms with van der Waals surface area (Å²) in [5, 5.41) is 2.17. The molecule has 0 saturated carbocycles. The third kappa shape index (κ3) is 5.66. The van der Waals surface area contributed by atoms with Gasteiger partial charge in [-0.2, -0.15) is 13.2 Å². The fraction of sp³-hybridized carbons (Fsp3) is 0.348. The predicted octanol–water partition coefficient (Wildman–Crippen LogP) is 3.62. The van der Waals surface area contributed by atoms with Crippen LogP contribution in [0, 0.1) is 6.92 Å². The van der Waals surface area contributed by atoms with Gasteiger partial charge in [-0.25, -0.2) is 4.98 Å². The molecule has 11 heteroatoms. The third-order valence-corrected chi connectivity index (χ3v) is 4.98. The average Bonchev–Trinajstić information content (AvgIpc) is 3.12. The number of alkyl halides is 3. The van der Waals surface area contributed by atoms with Crippen LogP contribution in [-0.4, -0.2) is 60.9 Å². The number of halogens is 3. The molecular formula is C23H25F3N4O4. The number of rotatable bonds is 10. The molecule has 0 radical (unpaired) electrons. The summed E-state index contributed by atoms with van der Waals surface area (Å²) < 4.78 is 53.3. The van der Waals surface area contributed by atoms with Crippen LogP contribution in [0.4, 0.5) is 13.2 Å². The van der Waals surface area contributed by atoms with Crippen molar-refractivity contribution in [3.05, 3.63) is 59.7 Å². The van der Waals surface area contributed by atoms with Gasteiger partial charge in [0, 0.05) is 25.1 Å². The zero-order chi connectivity index (χ0) is 24.9. The number of allylic oxidation sites excluding steroid dienone is 1. The van der Waals surface area contributed by atoms with Crippen LogP contribution in [0.15, 0.2) is 42.9 Å². The summed E-state index contributed by atoms with van der Waals surface area (Å²) in [6.07, 6.45) is -0.356. The molecule has 34 heavy (non-hydrogen) atoms. The first-order valence-electron chi connectivity index (χ1n) is 10.3. The molecule has 2 aromatic heterocycles. The van der Waals surface area contributed by atoms with Crippen molar-refractivity contribution in [3.8, 4) is 22.9 Å². The zero-order valence-electron chi connectivity index (χ0n) is 19.0. The maximum absolute atomic E-state index is 13.0. The normalized spacial score (nSPS) is 13.6. The van der Waals surface area contributed by atoms with Crippen LogP contribution in [0.5, 0.6) is 11.6 Å². The van der Waals surface area contributed by atoms with Crippen molar-refractivity contribution in [2.75, 3.05) is 34.0 Å². The van der Waals surface area contributed by atoms with Crippen LogP contribution in [-0.2, 0) is 11.3 Å². The Morgan fingerprint density at radius 1 is 1.29 bits per heavy atom. The molecular weight excluding hydrogens is 453 g/mol. The van der Waals surface area contributed by atoms with Crippen molar-refractivity contribution >= 4 is 5.91 Å². The first-order chi connectivity index (χ1) is 16.2. The fourth-order valence-corrected chi connectivity index (χ4v) is 3.44. The molecule has 3 heterocycles. The fourth-order valence-electron chi connectivity index (χ4n) is 3.44. The predicted molar refractivity (Wildman–Crippen MR) is 118 cm³/mol. The lowest BCUT2D eigenvalue weighted by Gasteiger charge is -2.17. The second-order valence-electron chi connectivity index (χ2n) is 7.38. The minimum Gasteiger partial charge on any atom is -0.486 e. The Balaban J connectivity index is 1.89. The number of nitrogens with zero attached hydrogens (tertiary/aromatic N) is 3. The third-order valence-electron chi connectivity index (χ3n) is 4.98. The van der Waals surface area contributed by atoms with Gasteiger partial charge in [0.05, 0.1) is 42.9 Å². The number of pyridine rings is 2. The van der Waals surface area contributed by atoms with Gasteiger partial charge in [-0.05, 0) is 30.7 Å². The standard InChI is InChI=1S/C23H25F3N4O4/c1-5-16(11-27-13-23(24,25)26)30-12-18-20(22(30)31)14(2)8-17(29-18)15-9-19(34-7-6-32-3)21(33-4)28-10-15/h5,8-11,27H,1,6-7,12-13H2,2-4H3/b16-11+. The summed E-state index contributed by atoms with van der Waals surface area (Å²) >= 11 is 0. The number of fused-ring (bicyclic) bond motifs is 1. The van der Waals surface area contributed by atoms with E-state index in [0.717, 1.165) is 6.20 Å². The van der Waals surface area contributed by atoms with Crippen molar-refractivity contribution in [1.82, 2.24) is 20.2 Å². The van der Waals surface area contributed by atoms with E-state index in [1.165, 1.54) is 18.1 Å². The number of aryl methyl sites for hydroxylation is 1. The van der Waals surface area contributed by atoms with Crippen molar-refractivity contribution in [3.63, 3.8) is 0 Å². The molecule has 3 rings (SSSR count). The molecule has 0 aromatic carbocycles. The van der Waals surface area contributed by atoms with Crippen LogP contribution in [0.25, 0.3) is 11.3 Å². The number of carbonyl (C=O) groups excluding carboxylic acids is 1. The van der Waals surface area contributed by atoms with Gasteiger partial charge in [-0.1, -0.05) is 6.58 Å². The number of nitrogens with one attached hydrogen (secondary N) is 1.